The van der Waals surface area contributed by atoms with Crippen LogP contribution in [-0.2, 0) is 0 Å². The second-order valence-corrected chi connectivity index (χ2v) is 12.6. The van der Waals surface area contributed by atoms with Crippen molar-refractivity contribution in [3.63, 3.8) is 0 Å². The summed E-state index contributed by atoms with van der Waals surface area (Å²) in [5.74, 6) is 5.04. The standard InChI is InChI=1S/C28H48O/c1-18(2)19(3)7-8-20(4)24-11-12-25-23-10-9-21-17-22(29)13-15-27(21,5)26(23)14-16-28(24,25)6/h18-22,24,26,29H,7-17H2,1-6H3/t19?,20?,21-,22-,24+,26?,27-,28+/m0/s1. The number of hydrogen-bond donors (Lipinski definition) is 1. The first kappa shape index (κ1) is 21.9. The summed E-state index contributed by atoms with van der Waals surface area (Å²) in [4.78, 5) is 0. The lowest BCUT2D eigenvalue weighted by Gasteiger charge is -2.56. The third-order valence-electron chi connectivity index (χ3n) is 10.9. The number of rotatable bonds is 5. The first-order valence-corrected chi connectivity index (χ1v) is 13.1. The summed E-state index contributed by atoms with van der Waals surface area (Å²) in [6, 6.07) is 0. The lowest BCUT2D eigenvalue weighted by Crippen LogP contribution is -2.48. The Kier molecular flexibility index (Phi) is 6.04. The fraction of sp³-hybridized carbons (Fsp3) is 0.929. The van der Waals surface area contributed by atoms with Crippen LogP contribution in [0.2, 0.25) is 0 Å². The minimum atomic E-state index is -0.0268. The van der Waals surface area contributed by atoms with Crippen LogP contribution in [0.15, 0.2) is 11.1 Å². The van der Waals surface area contributed by atoms with Crippen LogP contribution in [0.5, 0.6) is 0 Å². The molecule has 0 radical (unpaired) electrons. The zero-order valence-corrected chi connectivity index (χ0v) is 20.3. The monoisotopic (exact) mass is 400 g/mol. The Morgan fingerprint density at radius 1 is 0.931 bits per heavy atom. The molecule has 4 rings (SSSR count). The van der Waals surface area contributed by atoms with Crippen LogP contribution in [0, 0.1) is 46.3 Å². The van der Waals surface area contributed by atoms with E-state index in [1.807, 2.05) is 11.1 Å². The topological polar surface area (TPSA) is 20.2 Å². The van der Waals surface area contributed by atoms with Crippen molar-refractivity contribution in [1.29, 1.82) is 0 Å². The number of allylic oxidation sites excluding steroid dienone is 2. The molecule has 1 nitrogen and oxygen atoms in total. The second-order valence-electron chi connectivity index (χ2n) is 12.6. The average Bonchev–Trinajstić information content (AvgIpc) is 3.03. The molecule has 0 bridgehead atoms. The van der Waals surface area contributed by atoms with Crippen LogP contribution in [0.4, 0.5) is 0 Å². The summed E-state index contributed by atoms with van der Waals surface area (Å²) in [7, 11) is 0. The molecule has 1 heteroatoms. The molecule has 0 aromatic carbocycles. The SMILES string of the molecule is CC(C)C(C)CCC(C)[C@H]1CCC2=C3CC[C@H]4C[C@@H](O)CC[C@]4(C)C3CC[C@@]21C. The Bertz CT molecular complexity index is 632. The van der Waals surface area contributed by atoms with Gasteiger partial charge >= 0.3 is 0 Å². The third-order valence-corrected chi connectivity index (χ3v) is 10.9. The van der Waals surface area contributed by atoms with Gasteiger partial charge in [0.15, 0.2) is 0 Å². The minimum Gasteiger partial charge on any atom is -0.393 e. The molecule has 3 fully saturated rings. The molecule has 4 aliphatic rings. The molecule has 4 aliphatic carbocycles. The quantitative estimate of drug-likeness (QED) is 0.467. The van der Waals surface area contributed by atoms with Crippen LogP contribution in [0.25, 0.3) is 0 Å². The maximum Gasteiger partial charge on any atom is 0.0543 e. The molecule has 0 aromatic rings. The van der Waals surface area contributed by atoms with E-state index >= 15 is 0 Å². The molecule has 0 spiro atoms. The lowest BCUT2D eigenvalue weighted by atomic mass is 9.49. The Labute approximate surface area is 181 Å². The second kappa shape index (κ2) is 7.99. The molecular formula is C28H48O. The van der Waals surface area contributed by atoms with Crippen molar-refractivity contribution in [2.45, 2.75) is 118 Å². The van der Waals surface area contributed by atoms with Gasteiger partial charge in [-0.1, -0.05) is 65.5 Å². The average molecular weight is 401 g/mol. The van der Waals surface area contributed by atoms with E-state index in [0.29, 0.717) is 10.8 Å². The summed E-state index contributed by atoms with van der Waals surface area (Å²) in [5.41, 5.74) is 4.80. The summed E-state index contributed by atoms with van der Waals surface area (Å²) in [6.07, 6.45) is 14.5. The fourth-order valence-corrected chi connectivity index (χ4v) is 8.48. The highest BCUT2D eigenvalue weighted by atomic mass is 16.3. The number of aliphatic hydroxyl groups is 1. The molecule has 0 saturated heterocycles. The van der Waals surface area contributed by atoms with Crippen LogP contribution >= 0.6 is 0 Å². The van der Waals surface area contributed by atoms with Gasteiger partial charge in [0.25, 0.3) is 0 Å². The van der Waals surface area contributed by atoms with Gasteiger partial charge in [-0.25, -0.2) is 0 Å². The summed E-state index contributed by atoms with van der Waals surface area (Å²) in [6.45, 7) is 15.0. The van der Waals surface area contributed by atoms with Crippen LogP contribution in [0.3, 0.4) is 0 Å². The van der Waals surface area contributed by atoms with Crippen molar-refractivity contribution in [2.24, 2.45) is 46.3 Å². The van der Waals surface area contributed by atoms with Gasteiger partial charge in [0.2, 0.25) is 0 Å². The minimum absolute atomic E-state index is 0.0268. The molecule has 29 heavy (non-hydrogen) atoms. The van der Waals surface area contributed by atoms with Crippen LogP contribution in [-0.4, -0.2) is 11.2 Å². The van der Waals surface area contributed by atoms with E-state index in [1.165, 1.54) is 57.8 Å². The van der Waals surface area contributed by atoms with E-state index in [9.17, 15) is 5.11 Å². The van der Waals surface area contributed by atoms with Gasteiger partial charge in [0.1, 0.15) is 0 Å². The molecule has 0 aliphatic heterocycles. The van der Waals surface area contributed by atoms with Gasteiger partial charge in [0.05, 0.1) is 6.10 Å². The van der Waals surface area contributed by atoms with E-state index < -0.39 is 0 Å². The maximum atomic E-state index is 10.3. The van der Waals surface area contributed by atoms with Gasteiger partial charge < -0.3 is 5.11 Å². The zero-order valence-electron chi connectivity index (χ0n) is 20.3. The summed E-state index contributed by atoms with van der Waals surface area (Å²) < 4.78 is 0. The molecular weight excluding hydrogens is 352 g/mol. The zero-order chi connectivity index (χ0) is 21.0. The van der Waals surface area contributed by atoms with Crippen molar-refractivity contribution in [1.82, 2.24) is 0 Å². The third kappa shape index (κ3) is 3.66. The Morgan fingerprint density at radius 2 is 1.69 bits per heavy atom. The van der Waals surface area contributed by atoms with Crippen molar-refractivity contribution in [3.05, 3.63) is 11.1 Å². The Morgan fingerprint density at radius 3 is 2.41 bits per heavy atom. The molecule has 1 N–H and O–H groups in total. The maximum absolute atomic E-state index is 10.3. The van der Waals surface area contributed by atoms with Crippen molar-refractivity contribution >= 4 is 0 Å². The first-order valence-electron chi connectivity index (χ1n) is 13.1. The van der Waals surface area contributed by atoms with E-state index in [0.717, 1.165) is 48.3 Å². The van der Waals surface area contributed by atoms with Crippen molar-refractivity contribution in [2.75, 3.05) is 0 Å². The summed E-state index contributed by atoms with van der Waals surface area (Å²) in [5, 5.41) is 10.3. The molecule has 8 atom stereocenters. The number of aliphatic hydroxyl groups excluding tert-OH is 1. The fourth-order valence-electron chi connectivity index (χ4n) is 8.48. The molecule has 0 aromatic heterocycles. The molecule has 0 amide bonds. The van der Waals surface area contributed by atoms with Gasteiger partial charge in [-0.05, 0) is 104 Å². The largest absolute Gasteiger partial charge is 0.393 e. The lowest BCUT2D eigenvalue weighted by molar-refractivity contribution is -0.0381. The number of hydrogen-bond acceptors (Lipinski definition) is 1. The normalized spacial score (nSPS) is 44.3. The van der Waals surface area contributed by atoms with Crippen LogP contribution < -0.4 is 0 Å². The van der Waals surface area contributed by atoms with Crippen LogP contribution in [0.1, 0.15) is 112 Å². The first-order chi connectivity index (χ1) is 13.7. The van der Waals surface area contributed by atoms with E-state index in [-0.39, 0.29) is 6.10 Å². The van der Waals surface area contributed by atoms with Gasteiger partial charge in [-0.3, -0.25) is 0 Å². The molecule has 166 valence electrons. The van der Waals surface area contributed by atoms with Crippen molar-refractivity contribution < 1.29 is 5.11 Å². The molecule has 0 heterocycles. The predicted molar refractivity (Wildman–Crippen MR) is 124 cm³/mol. The van der Waals surface area contributed by atoms with E-state index in [2.05, 4.69) is 41.5 Å². The van der Waals surface area contributed by atoms with Crippen molar-refractivity contribution in [3.8, 4) is 0 Å². The predicted octanol–water partition coefficient (Wildman–Crippen LogP) is 7.78. The summed E-state index contributed by atoms with van der Waals surface area (Å²) >= 11 is 0. The van der Waals surface area contributed by atoms with E-state index in [4.69, 9.17) is 0 Å². The highest BCUT2D eigenvalue weighted by Crippen LogP contribution is 2.65. The smallest absolute Gasteiger partial charge is 0.0543 e. The highest BCUT2D eigenvalue weighted by Gasteiger charge is 2.55. The van der Waals surface area contributed by atoms with Gasteiger partial charge in [-0.2, -0.15) is 0 Å². The van der Waals surface area contributed by atoms with Gasteiger partial charge in [0, 0.05) is 0 Å². The van der Waals surface area contributed by atoms with Gasteiger partial charge in [-0.15, -0.1) is 0 Å². The molecule has 3 unspecified atom stereocenters. The van der Waals surface area contributed by atoms with E-state index in [1.54, 1.807) is 0 Å². The molecule has 3 saturated carbocycles. The Hall–Kier alpha value is -0.300. The number of fused-ring (bicyclic) bond motifs is 4. The highest BCUT2D eigenvalue weighted by molar-refractivity contribution is 5.34. The Balaban J connectivity index is 1.53.